The van der Waals surface area contributed by atoms with Crippen LogP contribution in [0.15, 0.2) is 30.3 Å². The van der Waals surface area contributed by atoms with Crippen molar-refractivity contribution in [1.29, 1.82) is 0 Å². The average Bonchev–Trinajstić information content (AvgIpc) is 2.46. The number of nitrogens with one attached hydrogen (secondary N) is 1. The summed E-state index contributed by atoms with van der Waals surface area (Å²) in [7, 11) is 0. The standard InChI is InChI=1S/C17H27NO/c1-3-5-9-15(4-2)14-18-17(19)13-12-16-10-7-6-8-11-16/h6-8,10-11,15H,3-5,9,12-14H2,1-2H3,(H,18,19)/t15-/m1/s1. The van der Waals surface area contributed by atoms with Crippen molar-refractivity contribution >= 4 is 5.91 Å². The van der Waals surface area contributed by atoms with E-state index >= 15 is 0 Å². The molecule has 2 nitrogen and oxygen atoms in total. The van der Waals surface area contributed by atoms with Gasteiger partial charge in [0.25, 0.3) is 0 Å². The fraction of sp³-hybridized carbons (Fsp3) is 0.588. The number of amides is 1. The van der Waals surface area contributed by atoms with Gasteiger partial charge in [0, 0.05) is 13.0 Å². The number of carbonyl (C=O) groups is 1. The van der Waals surface area contributed by atoms with E-state index in [4.69, 9.17) is 0 Å². The van der Waals surface area contributed by atoms with Gasteiger partial charge in [-0.25, -0.2) is 0 Å². The minimum atomic E-state index is 0.179. The monoisotopic (exact) mass is 261 g/mol. The second kappa shape index (κ2) is 9.60. The summed E-state index contributed by atoms with van der Waals surface area (Å²) in [6, 6.07) is 10.2. The molecule has 1 aromatic carbocycles. The second-order valence-electron chi connectivity index (χ2n) is 5.21. The van der Waals surface area contributed by atoms with E-state index in [1.54, 1.807) is 0 Å². The van der Waals surface area contributed by atoms with Crippen LogP contribution in [0.25, 0.3) is 0 Å². The molecule has 0 aromatic heterocycles. The van der Waals surface area contributed by atoms with Gasteiger partial charge in [0.15, 0.2) is 0 Å². The molecule has 0 unspecified atom stereocenters. The average molecular weight is 261 g/mol. The molecule has 1 aromatic rings. The lowest BCUT2D eigenvalue weighted by atomic mass is 9.99. The van der Waals surface area contributed by atoms with Crippen molar-refractivity contribution in [3.63, 3.8) is 0 Å². The van der Waals surface area contributed by atoms with Gasteiger partial charge in [-0.05, 0) is 24.3 Å². The zero-order chi connectivity index (χ0) is 13.9. The van der Waals surface area contributed by atoms with Crippen molar-refractivity contribution in [2.75, 3.05) is 6.54 Å². The Kier molecular flexibility index (Phi) is 7.95. The number of rotatable bonds is 9. The smallest absolute Gasteiger partial charge is 0.220 e. The Morgan fingerprint density at radius 3 is 2.58 bits per heavy atom. The quantitative estimate of drug-likeness (QED) is 0.716. The second-order valence-corrected chi connectivity index (χ2v) is 5.21. The molecular weight excluding hydrogens is 234 g/mol. The van der Waals surface area contributed by atoms with Crippen LogP contribution in [-0.2, 0) is 11.2 Å². The predicted octanol–water partition coefficient (Wildman–Crippen LogP) is 3.95. The van der Waals surface area contributed by atoms with Crippen LogP contribution >= 0.6 is 0 Å². The van der Waals surface area contributed by atoms with Crippen LogP contribution < -0.4 is 5.32 Å². The minimum Gasteiger partial charge on any atom is -0.356 e. The number of hydrogen-bond acceptors (Lipinski definition) is 1. The molecule has 0 aliphatic rings. The first kappa shape index (κ1) is 15.7. The third-order valence-electron chi connectivity index (χ3n) is 3.61. The van der Waals surface area contributed by atoms with Crippen LogP contribution in [0, 0.1) is 5.92 Å². The van der Waals surface area contributed by atoms with Crippen LogP contribution in [0.5, 0.6) is 0 Å². The molecule has 0 heterocycles. The summed E-state index contributed by atoms with van der Waals surface area (Å²) in [4.78, 5) is 11.8. The van der Waals surface area contributed by atoms with E-state index in [1.807, 2.05) is 18.2 Å². The first-order chi connectivity index (χ1) is 9.26. The molecule has 19 heavy (non-hydrogen) atoms. The highest BCUT2D eigenvalue weighted by atomic mass is 16.1. The van der Waals surface area contributed by atoms with Crippen LogP contribution in [0.4, 0.5) is 0 Å². The molecule has 0 saturated heterocycles. The molecule has 1 N–H and O–H groups in total. The van der Waals surface area contributed by atoms with Crippen molar-refractivity contribution in [2.24, 2.45) is 5.92 Å². The van der Waals surface area contributed by atoms with Crippen LogP contribution in [0.1, 0.15) is 51.5 Å². The van der Waals surface area contributed by atoms with Crippen molar-refractivity contribution in [3.05, 3.63) is 35.9 Å². The van der Waals surface area contributed by atoms with Crippen molar-refractivity contribution < 1.29 is 4.79 Å². The minimum absolute atomic E-state index is 0.179. The lowest BCUT2D eigenvalue weighted by Crippen LogP contribution is -2.29. The maximum absolute atomic E-state index is 11.8. The molecule has 106 valence electrons. The lowest BCUT2D eigenvalue weighted by molar-refractivity contribution is -0.121. The summed E-state index contributed by atoms with van der Waals surface area (Å²) in [6.45, 7) is 5.26. The van der Waals surface area contributed by atoms with E-state index in [2.05, 4.69) is 31.3 Å². The summed E-state index contributed by atoms with van der Waals surface area (Å²) in [5.74, 6) is 0.819. The Hall–Kier alpha value is -1.31. The number of unbranched alkanes of at least 4 members (excludes halogenated alkanes) is 1. The van der Waals surface area contributed by atoms with Gasteiger partial charge in [-0.3, -0.25) is 4.79 Å². The molecule has 0 aliphatic heterocycles. The van der Waals surface area contributed by atoms with E-state index in [1.165, 1.54) is 24.8 Å². The summed E-state index contributed by atoms with van der Waals surface area (Å²) in [5, 5.41) is 3.07. The van der Waals surface area contributed by atoms with E-state index in [-0.39, 0.29) is 5.91 Å². The first-order valence-electron chi connectivity index (χ1n) is 7.56. The molecule has 2 heteroatoms. The van der Waals surface area contributed by atoms with Crippen molar-refractivity contribution in [1.82, 2.24) is 5.32 Å². The van der Waals surface area contributed by atoms with Gasteiger partial charge in [-0.1, -0.05) is 63.4 Å². The number of aryl methyl sites for hydroxylation is 1. The van der Waals surface area contributed by atoms with Gasteiger partial charge >= 0.3 is 0 Å². The van der Waals surface area contributed by atoms with E-state index in [0.717, 1.165) is 19.4 Å². The molecule has 1 amide bonds. The molecule has 0 fully saturated rings. The molecule has 0 bridgehead atoms. The van der Waals surface area contributed by atoms with Gasteiger partial charge in [0.1, 0.15) is 0 Å². The third-order valence-corrected chi connectivity index (χ3v) is 3.61. The van der Waals surface area contributed by atoms with Crippen LogP contribution in [-0.4, -0.2) is 12.5 Å². The van der Waals surface area contributed by atoms with Crippen molar-refractivity contribution in [3.8, 4) is 0 Å². The van der Waals surface area contributed by atoms with Gasteiger partial charge in [-0.15, -0.1) is 0 Å². The molecular formula is C17H27NO. The Bertz CT molecular complexity index is 348. The molecule has 0 aliphatic carbocycles. The van der Waals surface area contributed by atoms with Crippen molar-refractivity contribution in [2.45, 2.75) is 52.4 Å². The molecule has 1 atom stereocenters. The summed E-state index contributed by atoms with van der Waals surface area (Å²) in [5.41, 5.74) is 1.23. The van der Waals surface area contributed by atoms with Gasteiger partial charge < -0.3 is 5.32 Å². The summed E-state index contributed by atoms with van der Waals surface area (Å²) in [6.07, 6.45) is 6.30. The zero-order valence-electron chi connectivity index (χ0n) is 12.3. The fourth-order valence-corrected chi connectivity index (χ4v) is 2.19. The number of hydrogen-bond donors (Lipinski definition) is 1. The molecule has 0 radical (unpaired) electrons. The SMILES string of the molecule is CCCC[C@@H](CC)CNC(=O)CCc1ccccc1. The Balaban J connectivity index is 2.20. The highest BCUT2D eigenvalue weighted by Gasteiger charge is 2.08. The lowest BCUT2D eigenvalue weighted by Gasteiger charge is -2.15. The van der Waals surface area contributed by atoms with Gasteiger partial charge in [0.2, 0.25) is 5.91 Å². The van der Waals surface area contributed by atoms with Crippen LogP contribution in [0.3, 0.4) is 0 Å². The Morgan fingerprint density at radius 1 is 1.21 bits per heavy atom. The first-order valence-corrected chi connectivity index (χ1v) is 7.56. The highest BCUT2D eigenvalue weighted by molar-refractivity contribution is 5.76. The molecule has 0 spiro atoms. The fourth-order valence-electron chi connectivity index (χ4n) is 2.19. The topological polar surface area (TPSA) is 29.1 Å². The Morgan fingerprint density at radius 2 is 1.95 bits per heavy atom. The van der Waals surface area contributed by atoms with Crippen LogP contribution in [0.2, 0.25) is 0 Å². The van der Waals surface area contributed by atoms with E-state index in [9.17, 15) is 4.79 Å². The summed E-state index contributed by atoms with van der Waals surface area (Å²) >= 11 is 0. The number of benzene rings is 1. The van der Waals surface area contributed by atoms with E-state index in [0.29, 0.717) is 12.3 Å². The molecule has 0 saturated carbocycles. The predicted molar refractivity (Wildman–Crippen MR) is 81.1 cm³/mol. The Labute approximate surface area is 117 Å². The van der Waals surface area contributed by atoms with Gasteiger partial charge in [-0.2, -0.15) is 0 Å². The maximum atomic E-state index is 11.8. The summed E-state index contributed by atoms with van der Waals surface area (Å²) < 4.78 is 0. The van der Waals surface area contributed by atoms with E-state index < -0.39 is 0 Å². The highest BCUT2D eigenvalue weighted by Crippen LogP contribution is 2.11. The largest absolute Gasteiger partial charge is 0.356 e. The maximum Gasteiger partial charge on any atom is 0.220 e. The normalized spacial score (nSPS) is 12.1. The molecule has 1 rings (SSSR count). The zero-order valence-corrected chi connectivity index (χ0v) is 12.3. The third kappa shape index (κ3) is 7.00. The number of carbonyl (C=O) groups excluding carboxylic acids is 1. The van der Waals surface area contributed by atoms with Gasteiger partial charge in [0.05, 0.1) is 0 Å².